The zero-order valence-corrected chi connectivity index (χ0v) is 11.2. The van der Waals surface area contributed by atoms with Crippen molar-refractivity contribution < 1.29 is 14.3 Å². The summed E-state index contributed by atoms with van der Waals surface area (Å²) in [6, 6.07) is 8.60. The molecule has 0 saturated carbocycles. The Kier molecular flexibility index (Phi) is 3.53. The van der Waals surface area contributed by atoms with Crippen LogP contribution in [0.15, 0.2) is 24.3 Å². The van der Waals surface area contributed by atoms with Gasteiger partial charge in [0.2, 0.25) is 0 Å². The summed E-state index contributed by atoms with van der Waals surface area (Å²) in [6.45, 7) is 3.15. The van der Waals surface area contributed by atoms with Gasteiger partial charge in [0.1, 0.15) is 0 Å². The van der Waals surface area contributed by atoms with Gasteiger partial charge in [-0.05, 0) is 17.5 Å². The van der Waals surface area contributed by atoms with Gasteiger partial charge in [0.15, 0.2) is 6.10 Å². The topological polar surface area (TPSA) is 38.8 Å². The summed E-state index contributed by atoms with van der Waals surface area (Å²) < 4.78 is 10.2. The standard InChI is InChI=1S/C15H19NO3/c1-18-15(17)14-10-16(6-7-19-14)9-12-8-11-4-2-3-5-13(11)12/h2-5,12,14H,6-10H2,1H3. The first-order chi connectivity index (χ1) is 9.28. The molecule has 1 aliphatic carbocycles. The number of benzene rings is 1. The second-order valence-corrected chi connectivity index (χ2v) is 5.24. The molecular formula is C15H19NO3. The molecule has 2 unspecified atom stereocenters. The molecule has 1 heterocycles. The molecule has 0 spiro atoms. The highest BCUT2D eigenvalue weighted by Gasteiger charge is 2.32. The summed E-state index contributed by atoms with van der Waals surface area (Å²) in [5.41, 5.74) is 2.92. The van der Waals surface area contributed by atoms with Crippen LogP contribution >= 0.6 is 0 Å². The maximum absolute atomic E-state index is 11.5. The van der Waals surface area contributed by atoms with E-state index in [2.05, 4.69) is 29.2 Å². The number of carbonyl (C=O) groups excluding carboxylic acids is 1. The minimum atomic E-state index is -0.422. The number of rotatable bonds is 3. The van der Waals surface area contributed by atoms with E-state index in [0.29, 0.717) is 19.1 Å². The van der Waals surface area contributed by atoms with E-state index in [9.17, 15) is 4.79 Å². The van der Waals surface area contributed by atoms with Crippen molar-refractivity contribution in [3.8, 4) is 0 Å². The average Bonchev–Trinajstić information content (AvgIpc) is 2.44. The molecule has 2 aliphatic rings. The van der Waals surface area contributed by atoms with Crippen LogP contribution in [0.3, 0.4) is 0 Å². The van der Waals surface area contributed by atoms with Gasteiger partial charge < -0.3 is 9.47 Å². The maximum Gasteiger partial charge on any atom is 0.336 e. The Bertz CT molecular complexity index is 474. The van der Waals surface area contributed by atoms with Crippen molar-refractivity contribution in [2.45, 2.75) is 18.4 Å². The Labute approximate surface area is 113 Å². The number of morpholine rings is 1. The zero-order valence-electron chi connectivity index (χ0n) is 11.2. The number of hydrogen-bond donors (Lipinski definition) is 0. The first-order valence-electron chi connectivity index (χ1n) is 6.77. The lowest BCUT2D eigenvalue weighted by molar-refractivity contribution is -0.159. The van der Waals surface area contributed by atoms with Crippen LogP contribution in [0, 0.1) is 0 Å². The molecule has 102 valence electrons. The second-order valence-electron chi connectivity index (χ2n) is 5.24. The molecule has 1 aromatic carbocycles. The van der Waals surface area contributed by atoms with Crippen molar-refractivity contribution in [2.24, 2.45) is 0 Å². The van der Waals surface area contributed by atoms with Crippen LogP contribution in [0.1, 0.15) is 17.0 Å². The molecule has 0 bridgehead atoms. The van der Waals surface area contributed by atoms with Gasteiger partial charge in [-0.15, -0.1) is 0 Å². The van der Waals surface area contributed by atoms with Crippen LogP contribution in [0.25, 0.3) is 0 Å². The largest absolute Gasteiger partial charge is 0.467 e. The Morgan fingerprint density at radius 1 is 1.47 bits per heavy atom. The van der Waals surface area contributed by atoms with Gasteiger partial charge in [-0.25, -0.2) is 4.79 Å². The van der Waals surface area contributed by atoms with Crippen LogP contribution in [-0.4, -0.2) is 50.3 Å². The van der Waals surface area contributed by atoms with Crippen molar-refractivity contribution >= 4 is 5.97 Å². The van der Waals surface area contributed by atoms with Crippen molar-refractivity contribution in [1.82, 2.24) is 4.90 Å². The summed E-state index contributed by atoms with van der Waals surface area (Å²) >= 11 is 0. The lowest BCUT2D eigenvalue weighted by Crippen LogP contribution is -2.48. The molecule has 0 radical (unpaired) electrons. The van der Waals surface area contributed by atoms with Crippen molar-refractivity contribution in [2.75, 3.05) is 33.4 Å². The number of methoxy groups -OCH3 is 1. The van der Waals surface area contributed by atoms with E-state index < -0.39 is 6.10 Å². The monoisotopic (exact) mass is 261 g/mol. The molecule has 3 rings (SSSR count). The van der Waals surface area contributed by atoms with Crippen LogP contribution < -0.4 is 0 Å². The van der Waals surface area contributed by atoms with Gasteiger partial charge in [-0.1, -0.05) is 24.3 Å². The molecular weight excluding hydrogens is 242 g/mol. The number of fused-ring (bicyclic) bond motifs is 1. The van der Waals surface area contributed by atoms with Gasteiger partial charge in [-0.3, -0.25) is 4.90 Å². The zero-order chi connectivity index (χ0) is 13.2. The molecule has 0 amide bonds. The maximum atomic E-state index is 11.5. The van der Waals surface area contributed by atoms with E-state index >= 15 is 0 Å². The molecule has 1 fully saturated rings. The van der Waals surface area contributed by atoms with E-state index in [4.69, 9.17) is 9.47 Å². The number of ether oxygens (including phenoxy) is 2. The van der Waals surface area contributed by atoms with Crippen molar-refractivity contribution in [3.63, 3.8) is 0 Å². The molecule has 19 heavy (non-hydrogen) atoms. The fourth-order valence-corrected chi connectivity index (χ4v) is 2.98. The first kappa shape index (κ1) is 12.6. The molecule has 1 aliphatic heterocycles. The predicted octanol–water partition coefficient (Wildman–Crippen LogP) is 1.20. The van der Waals surface area contributed by atoms with Crippen LogP contribution in [0.2, 0.25) is 0 Å². The van der Waals surface area contributed by atoms with E-state index in [0.717, 1.165) is 19.5 Å². The highest BCUT2D eigenvalue weighted by molar-refractivity contribution is 5.74. The Hall–Kier alpha value is -1.39. The summed E-state index contributed by atoms with van der Waals surface area (Å²) in [5.74, 6) is 0.339. The number of hydrogen-bond acceptors (Lipinski definition) is 4. The summed E-state index contributed by atoms with van der Waals surface area (Å²) in [6.07, 6.45) is 0.727. The lowest BCUT2D eigenvalue weighted by atomic mass is 9.77. The molecule has 0 N–H and O–H groups in total. The molecule has 1 aromatic rings. The first-order valence-corrected chi connectivity index (χ1v) is 6.77. The third kappa shape index (κ3) is 2.51. The minimum Gasteiger partial charge on any atom is -0.467 e. The van der Waals surface area contributed by atoms with Gasteiger partial charge in [-0.2, -0.15) is 0 Å². The van der Waals surface area contributed by atoms with Gasteiger partial charge in [0, 0.05) is 25.6 Å². The predicted molar refractivity (Wildman–Crippen MR) is 71.1 cm³/mol. The van der Waals surface area contributed by atoms with Gasteiger partial charge >= 0.3 is 5.97 Å². The molecule has 4 heteroatoms. The molecule has 0 aromatic heterocycles. The van der Waals surface area contributed by atoms with Crippen LogP contribution in [0.5, 0.6) is 0 Å². The van der Waals surface area contributed by atoms with Crippen LogP contribution in [0.4, 0.5) is 0 Å². The SMILES string of the molecule is COC(=O)C1CN(CC2Cc3ccccc32)CCO1. The summed E-state index contributed by atoms with van der Waals surface area (Å²) in [5, 5.41) is 0. The normalized spacial score (nSPS) is 26.4. The average molecular weight is 261 g/mol. The molecule has 1 saturated heterocycles. The van der Waals surface area contributed by atoms with E-state index in [1.165, 1.54) is 18.2 Å². The molecule has 2 atom stereocenters. The highest BCUT2D eigenvalue weighted by atomic mass is 16.6. The fourth-order valence-electron chi connectivity index (χ4n) is 2.98. The Morgan fingerprint density at radius 3 is 3.11 bits per heavy atom. The van der Waals surface area contributed by atoms with Crippen molar-refractivity contribution in [1.29, 1.82) is 0 Å². The van der Waals surface area contributed by atoms with Crippen LogP contribution in [-0.2, 0) is 20.7 Å². The Balaban J connectivity index is 1.58. The Morgan fingerprint density at radius 2 is 2.32 bits per heavy atom. The number of carbonyl (C=O) groups is 1. The third-order valence-corrected chi connectivity index (χ3v) is 4.05. The minimum absolute atomic E-state index is 0.265. The summed E-state index contributed by atoms with van der Waals surface area (Å²) in [4.78, 5) is 13.8. The van der Waals surface area contributed by atoms with Gasteiger partial charge in [0.05, 0.1) is 13.7 Å². The molecule has 4 nitrogen and oxygen atoms in total. The fraction of sp³-hybridized carbons (Fsp3) is 0.533. The highest BCUT2D eigenvalue weighted by Crippen LogP contribution is 2.35. The van der Waals surface area contributed by atoms with Crippen molar-refractivity contribution in [3.05, 3.63) is 35.4 Å². The smallest absolute Gasteiger partial charge is 0.336 e. The van der Waals surface area contributed by atoms with E-state index in [1.807, 2.05) is 0 Å². The number of esters is 1. The number of nitrogens with zero attached hydrogens (tertiary/aromatic N) is 1. The summed E-state index contributed by atoms with van der Waals surface area (Å²) in [7, 11) is 1.41. The van der Waals surface area contributed by atoms with E-state index in [1.54, 1.807) is 0 Å². The van der Waals surface area contributed by atoms with E-state index in [-0.39, 0.29) is 5.97 Å². The third-order valence-electron chi connectivity index (χ3n) is 4.05. The quantitative estimate of drug-likeness (QED) is 0.766. The van der Waals surface area contributed by atoms with Gasteiger partial charge in [0.25, 0.3) is 0 Å². The lowest BCUT2D eigenvalue weighted by Gasteiger charge is -2.38. The second kappa shape index (κ2) is 5.31.